The Hall–Kier alpha value is -5.61. The molecule has 0 aliphatic rings. The monoisotopic (exact) mass is 1150 g/mol. The predicted octanol–water partition coefficient (Wildman–Crippen LogP) is 3.52. The third-order valence-electron chi connectivity index (χ3n) is 11.7. The minimum absolute atomic E-state index is 0.0368. The fourth-order valence-electron chi connectivity index (χ4n) is 7.62. The first-order chi connectivity index (χ1) is 38.4. The minimum atomic E-state index is -1.27. The zero-order valence-electron chi connectivity index (χ0n) is 46.4. The average molecular weight is 1150 g/mol. The van der Waals surface area contributed by atoms with E-state index >= 15 is 4.39 Å². The molecule has 0 saturated heterocycles. The number of hydrogen-bond acceptors (Lipinski definition) is 16. The van der Waals surface area contributed by atoms with Crippen LogP contribution in [0.1, 0.15) is 57.8 Å². The molecule has 1 heterocycles. The van der Waals surface area contributed by atoms with Crippen LogP contribution >= 0.6 is 11.8 Å². The summed E-state index contributed by atoms with van der Waals surface area (Å²) in [6.07, 6.45) is 2.16. The number of nitrogens with zero attached hydrogens (tertiary/aromatic N) is 2. The number of rotatable bonds is 45. The van der Waals surface area contributed by atoms with Gasteiger partial charge in [-0.3, -0.25) is 24.0 Å². The molecule has 0 saturated carbocycles. The van der Waals surface area contributed by atoms with E-state index in [4.69, 9.17) is 48.7 Å². The molecule has 80 heavy (non-hydrogen) atoms. The molecule has 3 aromatic rings. The summed E-state index contributed by atoms with van der Waals surface area (Å²) >= 11 is 1.08. The van der Waals surface area contributed by atoms with E-state index in [0.29, 0.717) is 110 Å². The molecule has 1 aromatic heterocycles. The Morgan fingerprint density at radius 1 is 0.700 bits per heavy atom. The molecule has 7 N–H and O–H groups in total. The third kappa shape index (κ3) is 28.2. The first-order valence-corrected chi connectivity index (χ1v) is 27.8. The van der Waals surface area contributed by atoms with Crippen molar-refractivity contribution in [1.29, 1.82) is 0 Å². The topological polar surface area (TPSA) is 287 Å². The Balaban J connectivity index is 1.22. The van der Waals surface area contributed by atoms with Gasteiger partial charge in [0.1, 0.15) is 23.6 Å². The Kier molecular flexibility index (Phi) is 34.1. The molecule has 448 valence electrons. The first kappa shape index (κ1) is 68.7. The quantitative estimate of drug-likeness (QED) is 0.0349. The Morgan fingerprint density at radius 2 is 1.24 bits per heavy atom. The van der Waals surface area contributed by atoms with E-state index in [1.165, 1.54) is 6.92 Å². The number of ether oxygens (including phenoxy) is 8. The molecule has 22 nitrogen and oxygen atoms in total. The number of carbonyl (C=O) groups is 6. The zero-order chi connectivity index (χ0) is 58.5. The minimum Gasteiger partial charge on any atom is -0.481 e. The number of benzene rings is 2. The maximum atomic E-state index is 15.2. The molecule has 2 aromatic carbocycles. The summed E-state index contributed by atoms with van der Waals surface area (Å²) < 4.78 is 75.3. The van der Waals surface area contributed by atoms with Gasteiger partial charge in [0.2, 0.25) is 23.6 Å². The van der Waals surface area contributed by atoms with Crippen LogP contribution in [0.5, 0.6) is 0 Å². The molecule has 0 radical (unpaired) electrons. The lowest BCUT2D eigenvalue weighted by Gasteiger charge is -2.41. The number of amides is 4. The summed E-state index contributed by atoms with van der Waals surface area (Å²) in [5, 5.41) is 26.1. The van der Waals surface area contributed by atoms with Crippen molar-refractivity contribution in [3.63, 3.8) is 0 Å². The van der Waals surface area contributed by atoms with Gasteiger partial charge in [-0.2, -0.15) is 0 Å². The van der Waals surface area contributed by atoms with E-state index in [2.05, 4.69) is 16.0 Å². The van der Waals surface area contributed by atoms with Gasteiger partial charge in [-0.1, -0.05) is 51.1 Å². The summed E-state index contributed by atoms with van der Waals surface area (Å²) in [5.41, 5.74) is 7.60. The standard InChI is InChI=1S/C55H82F2N6O16S/c1-40(53(68)69)52(67)60-35-49(65)59-15-18-73-20-22-75-24-26-77-28-30-79-32-31-78-29-27-76-25-23-74-21-19-72-17-13-48(64)61-46(54(70)71)38-80-39-50(66)63(16-8-14-58)51(55(2,3)4)47-33-42(44-34-43(56)11-12-45(44)57)37-62(47)36-41-9-6-5-7-10-41/h5-7,9-12,33-34,37,40,46,51H,8,13-32,35-36,38-39,58H2,1-4H3,(H,59,65)(H,60,67)(H,61,64)(H,68,69)(H,70,71)/t40?,46-,51-/m0/s1. The summed E-state index contributed by atoms with van der Waals surface area (Å²) in [4.78, 5) is 74.9. The van der Waals surface area contributed by atoms with Gasteiger partial charge in [-0.25, -0.2) is 13.6 Å². The number of thioether (sulfide) groups is 1. The lowest BCUT2D eigenvalue weighted by Crippen LogP contribution is -2.45. The third-order valence-corrected chi connectivity index (χ3v) is 12.7. The number of nitrogens with one attached hydrogen (secondary N) is 3. The van der Waals surface area contributed by atoms with Crippen LogP contribution in [0.4, 0.5) is 8.78 Å². The summed E-state index contributed by atoms with van der Waals surface area (Å²) in [7, 11) is 0. The van der Waals surface area contributed by atoms with Crippen LogP contribution in [0.2, 0.25) is 0 Å². The number of hydrogen-bond donors (Lipinski definition) is 6. The van der Waals surface area contributed by atoms with Crippen molar-refractivity contribution in [2.45, 2.75) is 59.2 Å². The zero-order valence-corrected chi connectivity index (χ0v) is 47.2. The maximum Gasteiger partial charge on any atom is 0.327 e. The highest BCUT2D eigenvalue weighted by Gasteiger charge is 2.37. The van der Waals surface area contributed by atoms with E-state index in [9.17, 15) is 38.3 Å². The van der Waals surface area contributed by atoms with Gasteiger partial charge in [-0.05, 0) is 55.1 Å². The molecule has 0 spiro atoms. The van der Waals surface area contributed by atoms with Crippen molar-refractivity contribution in [2.75, 3.05) is 143 Å². The molecule has 1 unspecified atom stereocenters. The SMILES string of the molecule is CC(C(=O)O)C(=O)NCC(=O)NCCOCCOCCOCCOCCOCCOCCOCCOCCC(=O)N[C@@H](CSCC(=O)N(CCCN)[C@@H](c1cc(-c2cc(F)ccc2F)cn1Cc1ccccc1)C(C)(C)C)C(=O)O. The number of carboxylic acids is 2. The van der Waals surface area contributed by atoms with Crippen LogP contribution < -0.4 is 21.7 Å². The van der Waals surface area contributed by atoms with Crippen molar-refractivity contribution < 1.29 is 85.7 Å². The molecular weight excluding hydrogens is 1070 g/mol. The van der Waals surface area contributed by atoms with Gasteiger partial charge in [0.25, 0.3) is 0 Å². The van der Waals surface area contributed by atoms with Gasteiger partial charge >= 0.3 is 11.9 Å². The van der Waals surface area contributed by atoms with E-state index in [1.807, 2.05) is 55.7 Å². The molecule has 0 aliphatic heterocycles. The van der Waals surface area contributed by atoms with Crippen molar-refractivity contribution >= 4 is 47.3 Å². The van der Waals surface area contributed by atoms with Gasteiger partial charge in [0, 0.05) is 54.8 Å². The fraction of sp³-hybridized carbons (Fsp3) is 0.600. The average Bonchev–Trinajstić information content (AvgIpc) is 3.82. The second-order valence-electron chi connectivity index (χ2n) is 19.1. The molecule has 25 heteroatoms. The van der Waals surface area contributed by atoms with Gasteiger partial charge in [0.15, 0.2) is 0 Å². The van der Waals surface area contributed by atoms with Crippen LogP contribution in [-0.2, 0) is 73.2 Å². The molecule has 0 aliphatic carbocycles. The predicted molar refractivity (Wildman–Crippen MR) is 294 cm³/mol. The normalized spacial score (nSPS) is 12.6. The number of carbonyl (C=O) groups excluding carboxylic acids is 4. The highest BCUT2D eigenvalue weighted by Crippen LogP contribution is 2.41. The summed E-state index contributed by atoms with van der Waals surface area (Å²) in [5.74, 6) is -7.11. The van der Waals surface area contributed by atoms with Crippen LogP contribution in [0.25, 0.3) is 11.1 Å². The molecule has 0 bridgehead atoms. The van der Waals surface area contributed by atoms with Crippen molar-refractivity contribution in [3.8, 4) is 11.1 Å². The number of halogens is 2. The van der Waals surface area contributed by atoms with E-state index in [-0.39, 0.29) is 75.5 Å². The number of aromatic nitrogens is 1. The fourth-order valence-corrected chi connectivity index (χ4v) is 8.54. The van der Waals surface area contributed by atoms with Crippen molar-refractivity contribution in [2.24, 2.45) is 17.1 Å². The maximum absolute atomic E-state index is 15.2. The lowest BCUT2D eigenvalue weighted by molar-refractivity contribution is -0.146. The number of aliphatic carboxylic acids is 2. The molecule has 3 atom stereocenters. The molecule has 3 rings (SSSR count). The molecular formula is C55H82F2N6O16S. The van der Waals surface area contributed by atoms with Gasteiger partial charge in [0.05, 0.1) is 124 Å². The largest absolute Gasteiger partial charge is 0.481 e. The van der Waals surface area contributed by atoms with Crippen molar-refractivity contribution in [3.05, 3.63) is 83.7 Å². The van der Waals surface area contributed by atoms with Crippen LogP contribution in [-0.4, -0.2) is 205 Å². The van der Waals surface area contributed by atoms with E-state index in [1.54, 1.807) is 17.2 Å². The van der Waals surface area contributed by atoms with E-state index < -0.39 is 64.7 Å². The van der Waals surface area contributed by atoms with Crippen LogP contribution in [0.3, 0.4) is 0 Å². The lowest BCUT2D eigenvalue weighted by atomic mass is 9.83. The second-order valence-corrected chi connectivity index (χ2v) is 20.2. The Bertz CT molecular complexity index is 2290. The number of carboxylic acid groups (broad SMARTS) is 2. The number of nitrogens with two attached hydrogens (primary N) is 1. The molecule has 4 amide bonds. The Labute approximate surface area is 471 Å². The Morgan fingerprint density at radius 3 is 1.75 bits per heavy atom. The smallest absolute Gasteiger partial charge is 0.327 e. The highest BCUT2D eigenvalue weighted by molar-refractivity contribution is 8.00. The summed E-state index contributed by atoms with van der Waals surface area (Å²) in [6.45, 7) is 13.2. The summed E-state index contributed by atoms with van der Waals surface area (Å²) in [6, 6.07) is 12.9. The van der Waals surface area contributed by atoms with Gasteiger partial charge in [-0.15, -0.1) is 11.8 Å². The van der Waals surface area contributed by atoms with E-state index in [0.717, 1.165) is 35.5 Å². The van der Waals surface area contributed by atoms with Gasteiger partial charge < -0.3 is 79.3 Å². The first-order valence-electron chi connectivity index (χ1n) is 26.6. The second kappa shape index (κ2) is 39.7. The van der Waals surface area contributed by atoms with Crippen LogP contribution in [0.15, 0.2) is 60.8 Å². The van der Waals surface area contributed by atoms with Crippen molar-refractivity contribution in [1.82, 2.24) is 25.4 Å². The highest BCUT2D eigenvalue weighted by atomic mass is 32.2. The van der Waals surface area contributed by atoms with Crippen LogP contribution in [0, 0.1) is 23.0 Å². The molecule has 0 fully saturated rings.